The number of nitrogens with one attached hydrogen (secondary N) is 1. The molecule has 2 heterocycles. The highest BCUT2D eigenvalue weighted by molar-refractivity contribution is 14.0. The molecule has 0 unspecified atom stereocenters. The maximum Gasteiger partial charge on any atom is 0.194 e. The van der Waals surface area contributed by atoms with Gasteiger partial charge in [-0.25, -0.2) is 0 Å². The van der Waals surface area contributed by atoms with Crippen molar-refractivity contribution in [2.75, 3.05) is 38.1 Å². The number of aryl methyl sites for hydroxylation is 2. The van der Waals surface area contributed by atoms with Crippen LogP contribution in [-0.4, -0.2) is 44.1 Å². The summed E-state index contributed by atoms with van der Waals surface area (Å²) in [6.07, 6.45) is 0. The second-order valence-electron chi connectivity index (χ2n) is 6.15. The fraction of sp³-hybridized carbons (Fsp3) is 0.421. The molecule has 0 atom stereocenters. The van der Waals surface area contributed by atoms with Gasteiger partial charge in [0.1, 0.15) is 11.5 Å². The van der Waals surface area contributed by atoms with Crippen molar-refractivity contribution in [3.63, 3.8) is 0 Å². The molecule has 1 aliphatic rings. The minimum atomic E-state index is 0. The van der Waals surface area contributed by atoms with Crippen molar-refractivity contribution >= 4 is 35.6 Å². The lowest BCUT2D eigenvalue weighted by Crippen LogP contribution is -2.52. The third-order valence-corrected chi connectivity index (χ3v) is 4.49. The van der Waals surface area contributed by atoms with Gasteiger partial charge in [0.15, 0.2) is 5.96 Å². The van der Waals surface area contributed by atoms with Crippen molar-refractivity contribution in [3.05, 3.63) is 53.5 Å². The van der Waals surface area contributed by atoms with E-state index in [0.29, 0.717) is 0 Å². The molecule has 1 saturated heterocycles. The first-order valence-corrected chi connectivity index (χ1v) is 8.49. The second kappa shape index (κ2) is 9.12. The van der Waals surface area contributed by atoms with Crippen LogP contribution in [0, 0.1) is 13.8 Å². The first-order chi connectivity index (χ1) is 11.7. The molecule has 0 radical (unpaired) electrons. The van der Waals surface area contributed by atoms with Crippen LogP contribution in [0.2, 0.25) is 0 Å². The molecule has 1 N–H and O–H groups in total. The third-order valence-electron chi connectivity index (χ3n) is 4.49. The minimum absolute atomic E-state index is 0. The molecule has 136 valence electrons. The average molecular weight is 454 g/mol. The highest BCUT2D eigenvalue weighted by Crippen LogP contribution is 2.16. The van der Waals surface area contributed by atoms with E-state index in [1.165, 1.54) is 11.3 Å². The lowest BCUT2D eigenvalue weighted by atomic mass is 10.2. The van der Waals surface area contributed by atoms with Crippen LogP contribution in [0.5, 0.6) is 0 Å². The van der Waals surface area contributed by atoms with E-state index in [2.05, 4.69) is 56.5 Å². The van der Waals surface area contributed by atoms with Crippen molar-refractivity contribution in [1.29, 1.82) is 0 Å². The Kier molecular flexibility index (Phi) is 7.16. The molecule has 0 spiro atoms. The molecule has 0 amide bonds. The molecule has 1 aromatic heterocycles. The van der Waals surface area contributed by atoms with Crippen LogP contribution in [0.25, 0.3) is 0 Å². The van der Waals surface area contributed by atoms with Gasteiger partial charge in [-0.05, 0) is 32.0 Å². The molecule has 1 aromatic carbocycles. The van der Waals surface area contributed by atoms with Gasteiger partial charge < -0.3 is 19.5 Å². The largest absolute Gasteiger partial charge is 0.466 e. The first-order valence-electron chi connectivity index (χ1n) is 8.49. The fourth-order valence-corrected chi connectivity index (χ4v) is 3.18. The smallest absolute Gasteiger partial charge is 0.194 e. The quantitative estimate of drug-likeness (QED) is 0.439. The van der Waals surface area contributed by atoms with Crippen molar-refractivity contribution in [3.8, 4) is 0 Å². The summed E-state index contributed by atoms with van der Waals surface area (Å²) in [4.78, 5) is 9.19. The normalized spacial score (nSPS) is 15.1. The zero-order chi connectivity index (χ0) is 16.9. The SMILES string of the molecule is CN=C(NCc1cc(C)oc1C)N1CCN(c2ccccc2)CC1.I. The summed E-state index contributed by atoms with van der Waals surface area (Å²) >= 11 is 0. The summed E-state index contributed by atoms with van der Waals surface area (Å²) in [6, 6.07) is 12.7. The Hall–Kier alpha value is -1.70. The predicted molar refractivity (Wildman–Crippen MR) is 114 cm³/mol. The number of para-hydroxylation sites is 1. The standard InChI is InChI=1S/C19H26N4O.HI/c1-15-13-17(16(2)24-15)14-21-19(20-3)23-11-9-22(10-12-23)18-7-5-4-6-8-18;/h4-8,13H,9-12,14H2,1-3H3,(H,20,21);1H. The predicted octanol–water partition coefficient (Wildman–Crippen LogP) is 3.41. The summed E-state index contributed by atoms with van der Waals surface area (Å²) in [5.74, 6) is 2.89. The van der Waals surface area contributed by atoms with Crippen molar-refractivity contribution in [2.45, 2.75) is 20.4 Å². The summed E-state index contributed by atoms with van der Waals surface area (Å²) < 4.78 is 5.59. The number of guanidine groups is 1. The van der Waals surface area contributed by atoms with Gasteiger partial charge in [0, 0.05) is 51.0 Å². The number of hydrogen-bond acceptors (Lipinski definition) is 3. The van der Waals surface area contributed by atoms with E-state index < -0.39 is 0 Å². The molecule has 25 heavy (non-hydrogen) atoms. The van der Waals surface area contributed by atoms with Crippen LogP contribution in [0.3, 0.4) is 0 Å². The lowest BCUT2D eigenvalue weighted by molar-refractivity contribution is 0.372. The molecule has 0 aliphatic carbocycles. The van der Waals surface area contributed by atoms with E-state index in [-0.39, 0.29) is 24.0 Å². The lowest BCUT2D eigenvalue weighted by Gasteiger charge is -2.37. The highest BCUT2D eigenvalue weighted by Gasteiger charge is 2.19. The number of hydrogen-bond donors (Lipinski definition) is 1. The van der Waals surface area contributed by atoms with Crippen LogP contribution >= 0.6 is 24.0 Å². The Bertz CT molecular complexity index is 691. The van der Waals surface area contributed by atoms with E-state index in [0.717, 1.165) is 50.2 Å². The second-order valence-corrected chi connectivity index (χ2v) is 6.15. The number of piperazine rings is 1. The van der Waals surface area contributed by atoms with Crippen LogP contribution in [-0.2, 0) is 6.54 Å². The molecule has 3 rings (SSSR count). The summed E-state index contributed by atoms with van der Waals surface area (Å²) in [6.45, 7) is 8.69. The Morgan fingerprint density at radius 2 is 1.80 bits per heavy atom. The van der Waals surface area contributed by atoms with Gasteiger partial charge in [0.25, 0.3) is 0 Å². The van der Waals surface area contributed by atoms with E-state index in [1.807, 2.05) is 20.9 Å². The molecule has 2 aromatic rings. The van der Waals surface area contributed by atoms with Crippen molar-refractivity contribution < 1.29 is 4.42 Å². The van der Waals surface area contributed by atoms with Crippen LogP contribution in [0.1, 0.15) is 17.1 Å². The molecule has 0 bridgehead atoms. The first kappa shape index (κ1) is 19.6. The third kappa shape index (κ3) is 4.90. The van der Waals surface area contributed by atoms with Crippen LogP contribution in [0.15, 0.2) is 45.8 Å². The Labute approximate surface area is 167 Å². The summed E-state index contributed by atoms with van der Waals surface area (Å²) in [5.41, 5.74) is 2.49. The van der Waals surface area contributed by atoms with Gasteiger partial charge in [-0.3, -0.25) is 4.99 Å². The number of halogens is 1. The van der Waals surface area contributed by atoms with Gasteiger partial charge in [0.05, 0.1) is 0 Å². The van der Waals surface area contributed by atoms with E-state index in [1.54, 1.807) is 0 Å². The summed E-state index contributed by atoms with van der Waals surface area (Å²) in [5, 5.41) is 3.46. The molecule has 6 heteroatoms. The van der Waals surface area contributed by atoms with E-state index in [9.17, 15) is 0 Å². The molecular formula is C19H27IN4O. The topological polar surface area (TPSA) is 44.0 Å². The number of furan rings is 1. The van der Waals surface area contributed by atoms with Gasteiger partial charge >= 0.3 is 0 Å². The molecule has 1 fully saturated rings. The Morgan fingerprint density at radius 1 is 1.12 bits per heavy atom. The van der Waals surface area contributed by atoms with Gasteiger partial charge in [-0.15, -0.1) is 24.0 Å². The zero-order valence-electron chi connectivity index (χ0n) is 15.2. The van der Waals surface area contributed by atoms with Crippen LogP contribution in [0.4, 0.5) is 5.69 Å². The fourth-order valence-electron chi connectivity index (χ4n) is 3.18. The number of rotatable bonds is 3. The number of nitrogens with zero attached hydrogens (tertiary/aromatic N) is 3. The van der Waals surface area contributed by atoms with Gasteiger partial charge in [-0.1, -0.05) is 18.2 Å². The molecule has 1 aliphatic heterocycles. The molecule has 5 nitrogen and oxygen atoms in total. The average Bonchev–Trinajstić information content (AvgIpc) is 2.94. The van der Waals surface area contributed by atoms with E-state index in [4.69, 9.17) is 4.42 Å². The maximum absolute atomic E-state index is 5.59. The minimum Gasteiger partial charge on any atom is -0.466 e. The van der Waals surface area contributed by atoms with E-state index >= 15 is 0 Å². The van der Waals surface area contributed by atoms with Crippen molar-refractivity contribution in [2.24, 2.45) is 4.99 Å². The molecule has 0 saturated carbocycles. The Morgan fingerprint density at radius 3 is 2.36 bits per heavy atom. The van der Waals surface area contributed by atoms with Gasteiger partial charge in [0.2, 0.25) is 0 Å². The zero-order valence-corrected chi connectivity index (χ0v) is 17.5. The number of anilines is 1. The monoisotopic (exact) mass is 454 g/mol. The highest BCUT2D eigenvalue weighted by atomic mass is 127. The molecular weight excluding hydrogens is 427 g/mol. The van der Waals surface area contributed by atoms with Crippen LogP contribution < -0.4 is 10.2 Å². The number of aliphatic imine (C=N–C) groups is 1. The maximum atomic E-state index is 5.59. The Balaban J connectivity index is 0.00000225. The summed E-state index contributed by atoms with van der Waals surface area (Å²) in [7, 11) is 1.85. The van der Waals surface area contributed by atoms with Gasteiger partial charge in [-0.2, -0.15) is 0 Å². The van der Waals surface area contributed by atoms with Crippen molar-refractivity contribution in [1.82, 2.24) is 10.2 Å². The number of benzene rings is 1.